The molecule has 0 saturated carbocycles. The summed E-state index contributed by atoms with van der Waals surface area (Å²) in [6, 6.07) is 37.2. The molecule has 0 spiro atoms. The lowest BCUT2D eigenvalue weighted by molar-refractivity contribution is 0.665. The van der Waals surface area contributed by atoms with E-state index >= 15 is 0 Å². The molecule has 1 aromatic heterocycles. The number of pyridine rings is 1. The molecule has 4 aromatic carbocycles. The van der Waals surface area contributed by atoms with E-state index in [1.165, 1.54) is 16.7 Å². The van der Waals surface area contributed by atoms with E-state index in [0.717, 1.165) is 22.5 Å². The summed E-state index contributed by atoms with van der Waals surface area (Å²) < 4.78 is 2.30. The predicted octanol–water partition coefficient (Wildman–Crippen LogP) is 7.76. The second-order valence-electron chi connectivity index (χ2n) is 9.19. The summed E-state index contributed by atoms with van der Waals surface area (Å²) in [5.74, 6) is 0. The Hall–Kier alpha value is -4.11. The minimum absolute atomic E-state index is 0.0236. The third-order valence-corrected chi connectivity index (χ3v) is 6.76. The summed E-state index contributed by atoms with van der Waals surface area (Å²) in [5.41, 5.74) is 7.33. The van der Waals surface area contributed by atoms with Crippen LogP contribution in [0.25, 0.3) is 22.2 Å². The van der Waals surface area contributed by atoms with Crippen LogP contribution in [0.5, 0.6) is 0 Å². The van der Waals surface area contributed by atoms with Crippen molar-refractivity contribution in [1.82, 2.24) is 4.57 Å². The van der Waals surface area contributed by atoms with Crippen molar-refractivity contribution in [3.63, 3.8) is 0 Å². The molecule has 5 rings (SSSR count). The third kappa shape index (κ3) is 4.50. The Bertz CT molecular complexity index is 1500. The third-order valence-electron chi connectivity index (χ3n) is 6.76. The van der Waals surface area contributed by atoms with Crippen LogP contribution >= 0.6 is 0 Å². The van der Waals surface area contributed by atoms with Gasteiger partial charge in [0.1, 0.15) is 0 Å². The highest BCUT2D eigenvalue weighted by Crippen LogP contribution is 2.33. The molecule has 0 bridgehead atoms. The van der Waals surface area contributed by atoms with Gasteiger partial charge in [-0.2, -0.15) is 0 Å². The van der Waals surface area contributed by atoms with Gasteiger partial charge in [-0.15, -0.1) is 0 Å². The van der Waals surface area contributed by atoms with Gasteiger partial charge in [0.05, 0.1) is 22.6 Å². The van der Waals surface area contributed by atoms with Crippen molar-refractivity contribution in [3.05, 3.63) is 136 Å². The summed E-state index contributed by atoms with van der Waals surface area (Å²) in [7, 11) is 0. The molecule has 0 aliphatic heterocycles. The number of rotatable bonds is 6. The topological polar surface area (TPSA) is 34.0 Å². The Morgan fingerprint density at radius 1 is 0.714 bits per heavy atom. The SMILES string of the molecule is Cc1ccc(-c2cc(=O)c3c(NC(C)c4ccccc4)cccc3n2C(C)c2ccccc2)cc1. The van der Waals surface area contributed by atoms with E-state index in [-0.39, 0.29) is 17.5 Å². The second kappa shape index (κ2) is 9.63. The number of aromatic nitrogens is 1. The molecule has 0 radical (unpaired) electrons. The fourth-order valence-electron chi connectivity index (χ4n) is 4.82. The number of aryl methyl sites for hydroxylation is 1. The first kappa shape index (κ1) is 22.7. The van der Waals surface area contributed by atoms with Crippen LogP contribution in [0.3, 0.4) is 0 Å². The normalized spacial score (nSPS) is 12.9. The number of nitrogens with zero attached hydrogens (tertiary/aromatic N) is 1. The van der Waals surface area contributed by atoms with Crippen molar-refractivity contribution in [2.75, 3.05) is 5.32 Å². The molecule has 35 heavy (non-hydrogen) atoms. The van der Waals surface area contributed by atoms with Crippen LogP contribution in [-0.2, 0) is 0 Å². The summed E-state index contributed by atoms with van der Waals surface area (Å²) in [6.45, 7) is 6.40. The van der Waals surface area contributed by atoms with E-state index in [1.54, 1.807) is 6.07 Å². The largest absolute Gasteiger partial charge is 0.378 e. The van der Waals surface area contributed by atoms with Crippen molar-refractivity contribution in [1.29, 1.82) is 0 Å². The molecule has 1 heterocycles. The van der Waals surface area contributed by atoms with Crippen molar-refractivity contribution < 1.29 is 0 Å². The number of nitrogens with one attached hydrogen (secondary N) is 1. The molecule has 0 aliphatic rings. The molecule has 1 N–H and O–H groups in total. The molecule has 0 fully saturated rings. The first-order chi connectivity index (χ1) is 17.0. The second-order valence-corrected chi connectivity index (χ2v) is 9.19. The maximum absolute atomic E-state index is 13.6. The van der Waals surface area contributed by atoms with Crippen molar-refractivity contribution >= 4 is 16.6 Å². The average Bonchev–Trinajstić information content (AvgIpc) is 2.89. The Kier molecular flexibility index (Phi) is 6.24. The van der Waals surface area contributed by atoms with Gasteiger partial charge in [-0.3, -0.25) is 4.79 Å². The molecule has 2 unspecified atom stereocenters. The zero-order chi connectivity index (χ0) is 24.4. The van der Waals surface area contributed by atoms with Crippen molar-refractivity contribution in [2.45, 2.75) is 32.9 Å². The van der Waals surface area contributed by atoms with Gasteiger partial charge in [-0.1, -0.05) is 96.6 Å². The molecule has 2 atom stereocenters. The van der Waals surface area contributed by atoms with Gasteiger partial charge >= 0.3 is 0 Å². The van der Waals surface area contributed by atoms with Gasteiger partial charge in [-0.25, -0.2) is 0 Å². The maximum atomic E-state index is 13.6. The lowest BCUT2D eigenvalue weighted by atomic mass is 10.0. The van der Waals surface area contributed by atoms with E-state index in [0.29, 0.717) is 5.39 Å². The Morgan fingerprint density at radius 3 is 2.00 bits per heavy atom. The number of hydrogen-bond donors (Lipinski definition) is 1. The molecule has 174 valence electrons. The van der Waals surface area contributed by atoms with Crippen LogP contribution in [0.1, 0.15) is 42.6 Å². The summed E-state index contributed by atoms with van der Waals surface area (Å²) in [5, 5.41) is 4.32. The summed E-state index contributed by atoms with van der Waals surface area (Å²) in [6.07, 6.45) is 0. The van der Waals surface area contributed by atoms with Gasteiger partial charge in [0, 0.05) is 17.8 Å². The molecule has 0 saturated heterocycles. The van der Waals surface area contributed by atoms with Crippen LogP contribution in [-0.4, -0.2) is 4.57 Å². The standard InChI is InChI=1S/C32H30N2O/c1-22-17-19-27(20-18-22)30-21-31(35)32-28(33-23(2)25-11-6-4-7-12-25)15-10-16-29(32)34(30)24(3)26-13-8-5-9-14-26/h4-21,23-24,33H,1-3H3. The first-order valence-corrected chi connectivity index (χ1v) is 12.1. The molecule has 0 aliphatic carbocycles. The monoisotopic (exact) mass is 458 g/mol. The van der Waals surface area contributed by atoms with E-state index in [4.69, 9.17) is 0 Å². The highest BCUT2D eigenvalue weighted by atomic mass is 16.1. The Morgan fingerprint density at radius 2 is 1.34 bits per heavy atom. The van der Waals surface area contributed by atoms with Gasteiger partial charge in [-0.05, 0) is 49.6 Å². The lowest BCUT2D eigenvalue weighted by Gasteiger charge is -2.25. The van der Waals surface area contributed by atoms with Gasteiger partial charge in [0.25, 0.3) is 0 Å². The van der Waals surface area contributed by atoms with Crippen LogP contribution in [0.4, 0.5) is 5.69 Å². The first-order valence-electron chi connectivity index (χ1n) is 12.1. The maximum Gasteiger partial charge on any atom is 0.192 e. The molecular weight excluding hydrogens is 428 g/mol. The number of anilines is 1. The highest BCUT2D eigenvalue weighted by Gasteiger charge is 2.19. The van der Waals surface area contributed by atoms with Crippen LogP contribution in [0.15, 0.2) is 114 Å². The molecule has 5 aromatic rings. The van der Waals surface area contributed by atoms with E-state index < -0.39 is 0 Å². The minimum Gasteiger partial charge on any atom is -0.378 e. The van der Waals surface area contributed by atoms with Gasteiger partial charge in [0.15, 0.2) is 5.43 Å². The molecule has 0 amide bonds. The summed E-state index contributed by atoms with van der Waals surface area (Å²) in [4.78, 5) is 13.6. The lowest BCUT2D eigenvalue weighted by Crippen LogP contribution is -2.18. The van der Waals surface area contributed by atoms with Crippen LogP contribution in [0, 0.1) is 6.92 Å². The number of hydrogen-bond acceptors (Lipinski definition) is 2. The van der Waals surface area contributed by atoms with Gasteiger partial charge in [0.2, 0.25) is 0 Å². The van der Waals surface area contributed by atoms with Crippen LogP contribution < -0.4 is 10.7 Å². The Labute approximate surface area is 206 Å². The average molecular weight is 459 g/mol. The van der Waals surface area contributed by atoms with Crippen molar-refractivity contribution in [3.8, 4) is 11.3 Å². The quantitative estimate of drug-likeness (QED) is 0.282. The van der Waals surface area contributed by atoms with E-state index in [1.807, 2.05) is 36.4 Å². The smallest absolute Gasteiger partial charge is 0.192 e. The van der Waals surface area contributed by atoms with Crippen molar-refractivity contribution in [2.24, 2.45) is 0 Å². The fourth-order valence-corrected chi connectivity index (χ4v) is 4.82. The minimum atomic E-state index is 0.0236. The highest BCUT2D eigenvalue weighted by molar-refractivity contribution is 5.93. The Balaban J connectivity index is 1.73. The number of fused-ring (bicyclic) bond motifs is 1. The van der Waals surface area contributed by atoms with Crippen LogP contribution in [0.2, 0.25) is 0 Å². The van der Waals surface area contributed by atoms with E-state index in [2.05, 4.69) is 97.4 Å². The molecular formula is C32H30N2O. The van der Waals surface area contributed by atoms with Gasteiger partial charge < -0.3 is 9.88 Å². The fraction of sp³-hybridized carbons (Fsp3) is 0.156. The number of benzene rings is 4. The molecule has 3 heteroatoms. The summed E-state index contributed by atoms with van der Waals surface area (Å²) >= 11 is 0. The predicted molar refractivity (Wildman–Crippen MR) is 147 cm³/mol. The molecule has 3 nitrogen and oxygen atoms in total. The van der Waals surface area contributed by atoms with E-state index in [9.17, 15) is 4.79 Å². The zero-order valence-electron chi connectivity index (χ0n) is 20.4. The zero-order valence-corrected chi connectivity index (χ0v) is 20.4.